The Morgan fingerprint density at radius 3 is 2.67 bits per heavy atom. The van der Waals surface area contributed by atoms with Gasteiger partial charge in [-0.1, -0.05) is 42.5 Å². The summed E-state index contributed by atoms with van der Waals surface area (Å²) in [5.41, 5.74) is 5.17. The summed E-state index contributed by atoms with van der Waals surface area (Å²) in [5, 5.41) is 19.9. The van der Waals surface area contributed by atoms with Crippen LogP contribution in [0.4, 0.5) is 17.2 Å². The van der Waals surface area contributed by atoms with Gasteiger partial charge in [-0.05, 0) is 46.1 Å². The molecular weight excluding hydrogens is 446 g/mol. The minimum absolute atomic E-state index is 0.622. The molecule has 4 rings (SSSR count). The molecule has 0 bridgehead atoms. The van der Waals surface area contributed by atoms with Crippen LogP contribution in [0.1, 0.15) is 6.92 Å². The Balaban J connectivity index is 1.67. The zero-order valence-corrected chi connectivity index (χ0v) is 18.0. The minimum Gasteiger partial charge on any atom is -0.480 e. The fraction of sp³-hybridized carbons (Fsp3) is 0.136. The summed E-state index contributed by atoms with van der Waals surface area (Å²) in [6.07, 6.45) is 1.62. The van der Waals surface area contributed by atoms with Gasteiger partial charge in [0.1, 0.15) is 11.6 Å². The number of aromatic nitrogens is 3. The molecule has 1 atom stereocenters. The molecule has 0 aliphatic carbocycles. The molecule has 0 radical (unpaired) electrons. The fourth-order valence-corrected chi connectivity index (χ4v) is 3.80. The second-order valence-corrected chi connectivity index (χ2v) is 7.72. The molecule has 3 N–H and O–H groups in total. The van der Waals surface area contributed by atoms with Crippen LogP contribution in [-0.2, 0) is 11.8 Å². The Labute approximate surface area is 181 Å². The molecule has 152 valence electrons. The topological polar surface area (TPSA) is 92.1 Å². The highest BCUT2D eigenvalue weighted by Crippen LogP contribution is 2.36. The lowest BCUT2D eigenvalue weighted by atomic mass is 10.1. The van der Waals surface area contributed by atoms with Crippen LogP contribution in [0.25, 0.3) is 22.2 Å². The van der Waals surface area contributed by atoms with Gasteiger partial charge in [0.2, 0.25) is 0 Å². The van der Waals surface area contributed by atoms with Crippen LogP contribution in [0.3, 0.4) is 0 Å². The number of anilines is 3. The Kier molecular flexibility index (Phi) is 5.41. The zero-order chi connectivity index (χ0) is 21.3. The first-order chi connectivity index (χ1) is 14.4. The van der Waals surface area contributed by atoms with E-state index in [0.717, 1.165) is 26.8 Å². The van der Waals surface area contributed by atoms with Crippen molar-refractivity contribution < 1.29 is 9.90 Å². The Bertz CT molecular complexity index is 1220. The molecular formula is C22H20BrN5O2. The van der Waals surface area contributed by atoms with Gasteiger partial charge in [0.05, 0.1) is 23.1 Å². The number of nitrogens with one attached hydrogen (secondary N) is 2. The van der Waals surface area contributed by atoms with Gasteiger partial charge in [0, 0.05) is 11.5 Å². The first kappa shape index (κ1) is 19.9. The van der Waals surface area contributed by atoms with Crippen molar-refractivity contribution in [3.05, 3.63) is 65.3 Å². The molecule has 2 aromatic heterocycles. The van der Waals surface area contributed by atoms with Crippen LogP contribution in [0.15, 0.2) is 65.3 Å². The molecule has 0 aliphatic rings. The number of fused-ring (bicyclic) bond motifs is 1. The molecule has 2 aromatic carbocycles. The van der Waals surface area contributed by atoms with Crippen LogP contribution in [0, 0.1) is 0 Å². The van der Waals surface area contributed by atoms with Gasteiger partial charge in [0.15, 0.2) is 5.82 Å². The van der Waals surface area contributed by atoms with E-state index >= 15 is 0 Å². The third-order valence-electron chi connectivity index (χ3n) is 4.78. The van der Waals surface area contributed by atoms with Crippen LogP contribution < -0.4 is 10.6 Å². The number of carboxylic acid groups (broad SMARTS) is 1. The van der Waals surface area contributed by atoms with E-state index < -0.39 is 12.0 Å². The van der Waals surface area contributed by atoms with Gasteiger partial charge in [-0.3, -0.25) is 9.48 Å². The highest BCUT2D eigenvalue weighted by molar-refractivity contribution is 9.10. The van der Waals surface area contributed by atoms with E-state index in [4.69, 9.17) is 5.11 Å². The van der Waals surface area contributed by atoms with Gasteiger partial charge >= 0.3 is 5.97 Å². The first-order valence-electron chi connectivity index (χ1n) is 9.37. The van der Waals surface area contributed by atoms with Crippen LogP contribution in [0.2, 0.25) is 0 Å². The maximum Gasteiger partial charge on any atom is 0.325 e. The lowest BCUT2D eigenvalue weighted by molar-refractivity contribution is -0.137. The summed E-state index contributed by atoms with van der Waals surface area (Å²) >= 11 is 3.72. The number of rotatable bonds is 6. The van der Waals surface area contributed by atoms with Crippen molar-refractivity contribution in [2.24, 2.45) is 7.05 Å². The number of hydrogen-bond acceptors (Lipinski definition) is 5. The summed E-state index contributed by atoms with van der Waals surface area (Å²) in [7, 11) is 1.83. The van der Waals surface area contributed by atoms with Crippen molar-refractivity contribution >= 4 is 50.1 Å². The van der Waals surface area contributed by atoms with E-state index in [9.17, 15) is 4.79 Å². The van der Waals surface area contributed by atoms with Crippen LogP contribution in [0.5, 0.6) is 0 Å². The molecule has 1 unspecified atom stereocenters. The van der Waals surface area contributed by atoms with Gasteiger partial charge in [-0.15, -0.1) is 0 Å². The number of hydrogen-bond donors (Lipinski definition) is 3. The van der Waals surface area contributed by atoms with E-state index in [1.165, 1.54) is 0 Å². The molecule has 0 saturated heterocycles. The summed E-state index contributed by atoms with van der Waals surface area (Å²) in [4.78, 5) is 15.6. The molecule has 8 heteroatoms. The van der Waals surface area contributed by atoms with E-state index in [0.29, 0.717) is 17.0 Å². The molecule has 2 heterocycles. The monoisotopic (exact) mass is 465 g/mol. The summed E-state index contributed by atoms with van der Waals surface area (Å²) in [6, 6.07) is 17.3. The van der Waals surface area contributed by atoms with E-state index in [1.807, 2.05) is 43.4 Å². The van der Waals surface area contributed by atoms with Crippen molar-refractivity contribution in [2.45, 2.75) is 13.0 Å². The van der Waals surface area contributed by atoms with Crippen LogP contribution >= 0.6 is 15.9 Å². The highest BCUT2D eigenvalue weighted by Gasteiger charge is 2.16. The third-order valence-corrected chi connectivity index (χ3v) is 5.64. The van der Waals surface area contributed by atoms with E-state index in [2.05, 4.69) is 54.8 Å². The summed E-state index contributed by atoms with van der Waals surface area (Å²) < 4.78 is 2.65. The number of aliphatic carboxylic acids is 1. The van der Waals surface area contributed by atoms with E-state index in [-0.39, 0.29) is 0 Å². The van der Waals surface area contributed by atoms with Crippen molar-refractivity contribution in [1.82, 2.24) is 14.8 Å². The number of pyridine rings is 1. The van der Waals surface area contributed by atoms with Crippen molar-refractivity contribution in [3.8, 4) is 11.1 Å². The predicted octanol–water partition coefficient (Wildman–Crippen LogP) is 5.03. The molecule has 0 fully saturated rings. The Morgan fingerprint density at radius 2 is 1.93 bits per heavy atom. The molecule has 0 spiro atoms. The first-order valence-corrected chi connectivity index (χ1v) is 10.2. The minimum atomic E-state index is -0.925. The molecule has 4 aromatic rings. The van der Waals surface area contributed by atoms with E-state index in [1.54, 1.807) is 17.8 Å². The smallest absolute Gasteiger partial charge is 0.325 e. The lowest BCUT2D eigenvalue weighted by Gasteiger charge is -2.11. The molecule has 30 heavy (non-hydrogen) atoms. The maximum atomic E-state index is 11.1. The van der Waals surface area contributed by atoms with Gasteiger partial charge < -0.3 is 15.7 Å². The standard InChI is InChI=1S/C22H20BrN5O2/c1-13(22(29)30)25-15-11-18-20(24-12-15)21(27-28(18)2)26-17-10-6-9-16(19(17)23)14-7-4-3-5-8-14/h3-13,25H,1-2H3,(H,26,27)(H,29,30). The lowest BCUT2D eigenvalue weighted by Crippen LogP contribution is -2.25. The van der Waals surface area contributed by atoms with Gasteiger partial charge in [-0.25, -0.2) is 4.98 Å². The molecule has 0 saturated carbocycles. The normalized spacial score (nSPS) is 12.0. The van der Waals surface area contributed by atoms with Crippen molar-refractivity contribution in [3.63, 3.8) is 0 Å². The van der Waals surface area contributed by atoms with Gasteiger partial charge in [0.25, 0.3) is 0 Å². The number of carbonyl (C=O) groups is 1. The quantitative estimate of drug-likeness (QED) is 0.369. The second-order valence-electron chi connectivity index (χ2n) is 6.93. The second kappa shape index (κ2) is 8.16. The highest BCUT2D eigenvalue weighted by atomic mass is 79.9. The number of nitrogens with zero attached hydrogens (tertiary/aromatic N) is 3. The number of aryl methyl sites for hydroxylation is 1. The zero-order valence-electron chi connectivity index (χ0n) is 16.4. The molecule has 0 amide bonds. The number of carboxylic acids is 1. The maximum absolute atomic E-state index is 11.1. The van der Waals surface area contributed by atoms with Crippen molar-refractivity contribution in [1.29, 1.82) is 0 Å². The SMILES string of the molecule is CC(Nc1cnc2c(Nc3cccc(-c4ccccc4)c3Br)nn(C)c2c1)C(=O)O. The predicted molar refractivity (Wildman–Crippen MR) is 122 cm³/mol. The summed E-state index contributed by atoms with van der Waals surface area (Å²) in [6.45, 7) is 1.58. The third kappa shape index (κ3) is 3.86. The molecule has 0 aliphatic heterocycles. The van der Waals surface area contributed by atoms with Crippen LogP contribution in [-0.4, -0.2) is 31.9 Å². The summed E-state index contributed by atoms with van der Waals surface area (Å²) in [5.74, 6) is -0.304. The molecule has 7 nitrogen and oxygen atoms in total. The number of halogens is 1. The number of benzene rings is 2. The largest absolute Gasteiger partial charge is 0.480 e. The van der Waals surface area contributed by atoms with Gasteiger partial charge in [-0.2, -0.15) is 5.10 Å². The average molecular weight is 466 g/mol. The Morgan fingerprint density at radius 1 is 1.17 bits per heavy atom. The fourth-order valence-electron chi connectivity index (χ4n) is 3.21. The van der Waals surface area contributed by atoms with Crippen molar-refractivity contribution in [2.75, 3.05) is 10.6 Å². The average Bonchev–Trinajstić information content (AvgIpc) is 3.05. The Hall–Kier alpha value is -3.39.